The highest BCUT2D eigenvalue weighted by molar-refractivity contribution is 5.26. The zero-order valence-corrected chi connectivity index (χ0v) is 11.4. The van der Waals surface area contributed by atoms with Gasteiger partial charge in [-0.05, 0) is 55.9 Å². The smallest absolute Gasteiger partial charge is 0.123 e. The van der Waals surface area contributed by atoms with Crippen LogP contribution in [0.2, 0.25) is 0 Å². The second-order valence-corrected chi connectivity index (χ2v) is 5.32. The molecule has 0 saturated heterocycles. The number of aryl methyl sites for hydroxylation is 1. The lowest BCUT2D eigenvalue weighted by atomic mass is 10.0. The third kappa shape index (κ3) is 5.31. The first-order valence-corrected chi connectivity index (χ1v) is 6.47. The first-order valence-electron chi connectivity index (χ1n) is 6.47. The summed E-state index contributed by atoms with van der Waals surface area (Å²) in [4.78, 5) is 0. The Labute approximate surface area is 104 Å². The molecular formula is C15H24FN. The molecule has 0 fully saturated rings. The van der Waals surface area contributed by atoms with E-state index in [0.717, 1.165) is 23.6 Å². The second-order valence-electron chi connectivity index (χ2n) is 5.32. The average Bonchev–Trinajstić information content (AvgIpc) is 2.27. The van der Waals surface area contributed by atoms with E-state index in [-0.39, 0.29) is 5.82 Å². The minimum Gasteiger partial charge on any atom is -0.310 e. The first kappa shape index (κ1) is 14.2. The maximum absolute atomic E-state index is 13.1. The molecule has 0 bridgehead atoms. The van der Waals surface area contributed by atoms with E-state index in [9.17, 15) is 4.39 Å². The Kier molecular flexibility index (Phi) is 5.63. The van der Waals surface area contributed by atoms with Gasteiger partial charge in [0, 0.05) is 12.6 Å². The fourth-order valence-electron chi connectivity index (χ4n) is 1.80. The Bertz CT molecular complexity index is 347. The van der Waals surface area contributed by atoms with Gasteiger partial charge >= 0.3 is 0 Å². The molecule has 1 atom stereocenters. The molecule has 96 valence electrons. The normalized spacial score (nSPS) is 13.1. The van der Waals surface area contributed by atoms with Crippen LogP contribution in [-0.4, -0.2) is 6.04 Å². The highest BCUT2D eigenvalue weighted by Gasteiger charge is 2.05. The predicted octanol–water partition coefficient (Wildman–Crippen LogP) is 4.05. The minimum atomic E-state index is -0.151. The van der Waals surface area contributed by atoms with E-state index < -0.39 is 0 Å². The fraction of sp³-hybridized carbons (Fsp3) is 0.600. The Hall–Kier alpha value is -0.890. The van der Waals surface area contributed by atoms with Crippen molar-refractivity contribution in [2.45, 2.75) is 53.1 Å². The lowest BCUT2D eigenvalue weighted by Gasteiger charge is -2.16. The highest BCUT2D eigenvalue weighted by Crippen LogP contribution is 2.11. The van der Waals surface area contributed by atoms with E-state index in [2.05, 4.69) is 26.1 Å². The van der Waals surface area contributed by atoms with Crippen molar-refractivity contribution >= 4 is 0 Å². The summed E-state index contributed by atoms with van der Waals surface area (Å²) in [6.07, 6.45) is 2.41. The number of nitrogens with one attached hydrogen (secondary N) is 1. The Morgan fingerprint density at radius 3 is 2.53 bits per heavy atom. The van der Waals surface area contributed by atoms with Crippen LogP contribution in [0.15, 0.2) is 18.2 Å². The summed E-state index contributed by atoms with van der Waals surface area (Å²) in [5.74, 6) is 0.595. The lowest BCUT2D eigenvalue weighted by Crippen LogP contribution is -2.26. The van der Waals surface area contributed by atoms with Crippen LogP contribution in [0.5, 0.6) is 0 Å². The number of halogens is 1. The van der Waals surface area contributed by atoms with Crippen molar-refractivity contribution in [2.24, 2.45) is 5.92 Å². The summed E-state index contributed by atoms with van der Waals surface area (Å²) in [6.45, 7) is 9.45. The summed E-state index contributed by atoms with van der Waals surface area (Å²) in [7, 11) is 0. The Balaban J connectivity index is 2.41. The standard InChI is InChI=1S/C15H24FN/c1-11(2)5-7-13(4)17-10-14-9-15(16)8-6-12(14)3/h6,8-9,11,13,17H,5,7,10H2,1-4H3. The molecule has 17 heavy (non-hydrogen) atoms. The average molecular weight is 237 g/mol. The van der Waals surface area contributed by atoms with Gasteiger partial charge in [0.1, 0.15) is 5.82 Å². The van der Waals surface area contributed by atoms with Gasteiger partial charge in [0.25, 0.3) is 0 Å². The van der Waals surface area contributed by atoms with Gasteiger partial charge in [-0.15, -0.1) is 0 Å². The molecule has 1 nitrogen and oxygen atoms in total. The van der Waals surface area contributed by atoms with E-state index in [4.69, 9.17) is 0 Å². The highest BCUT2D eigenvalue weighted by atomic mass is 19.1. The topological polar surface area (TPSA) is 12.0 Å². The molecule has 0 aliphatic carbocycles. The molecule has 0 aliphatic rings. The molecule has 2 heteroatoms. The van der Waals surface area contributed by atoms with Crippen LogP contribution in [0, 0.1) is 18.7 Å². The van der Waals surface area contributed by atoms with Gasteiger partial charge in [0.15, 0.2) is 0 Å². The van der Waals surface area contributed by atoms with E-state index in [0.29, 0.717) is 6.04 Å². The van der Waals surface area contributed by atoms with Crippen molar-refractivity contribution in [3.05, 3.63) is 35.1 Å². The molecular weight excluding hydrogens is 213 g/mol. The molecule has 0 spiro atoms. The second kappa shape index (κ2) is 6.75. The molecule has 0 radical (unpaired) electrons. The number of rotatable bonds is 6. The predicted molar refractivity (Wildman–Crippen MR) is 71.5 cm³/mol. The van der Waals surface area contributed by atoms with Gasteiger partial charge in [-0.1, -0.05) is 19.9 Å². The van der Waals surface area contributed by atoms with Crippen molar-refractivity contribution < 1.29 is 4.39 Å². The molecule has 0 aliphatic heterocycles. The van der Waals surface area contributed by atoms with Crippen molar-refractivity contribution in [1.29, 1.82) is 0 Å². The van der Waals surface area contributed by atoms with Gasteiger partial charge in [-0.2, -0.15) is 0 Å². The van der Waals surface area contributed by atoms with Crippen LogP contribution in [0.1, 0.15) is 44.7 Å². The molecule has 1 aromatic carbocycles. The summed E-state index contributed by atoms with van der Waals surface area (Å²) in [5.41, 5.74) is 2.20. The van der Waals surface area contributed by atoms with Gasteiger partial charge in [-0.25, -0.2) is 4.39 Å². The first-order chi connectivity index (χ1) is 7.99. The molecule has 1 N–H and O–H groups in total. The van der Waals surface area contributed by atoms with Crippen molar-refractivity contribution in [3.63, 3.8) is 0 Å². The van der Waals surface area contributed by atoms with Gasteiger partial charge < -0.3 is 5.32 Å². The maximum atomic E-state index is 13.1. The van der Waals surface area contributed by atoms with Crippen LogP contribution >= 0.6 is 0 Å². The minimum absolute atomic E-state index is 0.151. The third-order valence-corrected chi connectivity index (χ3v) is 3.13. The van der Waals surface area contributed by atoms with Crippen LogP contribution in [0.3, 0.4) is 0 Å². The van der Waals surface area contributed by atoms with E-state index >= 15 is 0 Å². The zero-order chi connectivity index (χ0) is 12.8. The number of hydrogen-bond donors (Lipinski definition) is 1. The van der Waals surface area contributed by atoms with Crippen molar-refractivity contribution in [2.75, 3.05) is 0 Å². The van der Waals surface area contributed by atoms with E-state index in [1.807, 2.05) is 13.0 Å². The van der Waals surface area contributed by atoms with E-state index in [1.54, 1.807) is 6.07 Å². The summed E-state index contributed by atoms with van der Waals surface area (Å²) >= 11 is 0. The van der Waals surface area contributed by atoms with Crippen LogP contribution in [0.25, 0.3) is 0 Å². The van der Waals surface area contributed by atoms with E-state index in [1.165, 1.54) is 18.9 Å². The van der Waals surface area contributed by atoms with Gasteiger partial charge in [0.05, 0.1) is 0 Å². The zero-order valence-electron chi connectivity index (χ0n) is 11.4. The molecule has 0 aromatic heterocycles. The lowest BCUT2D eigenvalue weighted by molar-refractivity contribution is 0.450. The summed E-state index contributed by atoms with van der Waals surface area (Å²) in [5, 5.41) is 3.46. The SMILES string of the molecule is Cc1ccc(F)cc1CNC(C)CCC(C)C. The summed E-state index contributed by atoms with van der Waals surface area (Å²) in [6, 6.07) is 5.46. The third-order valence-electron chi connectivity index (χ3n) is 3.13. The maximum Gasteiger partial charge on any atom is 0.123 e. The fourth-order valence-corrected chi connectivity index (χ4v) is 1.80. The summed E-state index contributed by atoms with van der Waals surface area (Å²) < 4.78 is 13.1. The largest absolute Gasteiger partial charge is 0.310 e. The van der Waals surface area contributed by atoms with Crippen molar-refractivity contribution in [1.82, 2.24) is 5.32 Å². The number of hydrogen-bond acceptors (Lipinski definition) is 1. The molecule has 0 amide bonds. The van der Waals surface area contributed by atoms with Crippen LogP contribution in [-0.2, 0) is 6.54 Å². The van der Waals surface area contributed by atoms with Crippen LogP contribution in [0.4, 0.5) is 4.39 Å². The molecule has 0 saturated carbocycles. The van der Waals surface area contributed by atoms with Crippen LogP contribution < -0.4 is 5.32 Å². The molecule has 0 heterocycles. The van der Waals surface area contributed by atoms with Gasteiger partial charge in [-0.3, -0.25) is 0 Å². The van der Waals surface area contributed by atoms with Gasteiger partial charge in [0.2, 0.25) is 0 Å². The number of benzene rings is 1. The quantitative estimate of drug-likeness (QED) is 0.787. The molecule has 1 aromatic rings. The molecule has 1 rings (SSSR count). The monoisotopic (exact) mass is 237 g/mol. The molecule has 1 unspecified atom stereocenters. The Morgan fingerprint density at radius 1 is 1.18 bits per heavy atom. The Morgan fingerprint density at radius 2 is 1.88 bits per heavy atom. The van der Waals surface area contributed by atoms with Crippen molar-refractivity contribution in [3.8, 4) is 0 Å².